The quantitative estimate of drug-likeness (QED) is 0.235. The third-order valence-electron chi connectivity index (χ3n) is 6.44. The maximum atomic E-state index is 12.9. The molecule has 1 amide bonds. The Morgan fingerprint density at radius 1 is 1.16 bits per heavy atom. The van der Waals surface area contributed by atoms with Crippen LogP contribution >= 0.6 is 23.1 Å². The van der Waals surface area contributed by atoms with Gasteiger partial charge in [0.25, 0.3) is 0 Å². The van der Waals surface area contributed by atoms with Crippen molar-refractivity contribution in [3.63, 3.8) is 0 Å². The van der Waals surface area contributed by atoms with Gasteiger partial charge < -0.3 is 19.4 Å². The molecule has 1 N–H and O–H groups in total. The van der Waals surface area contributed by atoms with Crippen LogP contribution in [0.5, 0.6) is 5.75 Å². The van der Waals surface area contributed by atoms with Gasteiger partial charge in [0.1, 0.15) is 10.8 Å². The lowest BCUT2D eigenvalue weighted by atomic mass is 9.87. The molecule has 204 valence electrons. The smallest absolute Gasteiger partial charge is 0.341 e. The van der Waals surface area contributed by atoms with Gasteiger partial charge in [-0.3, -0.25) is 4.79 Å². The average Bonchev–Trinajstić information content (AvgIpc) is 3.56. The molecule has 1 aliphatic carbocycles. The van der Waals surface area contributed by atoms with Crippen LogP contribution < -0.4 is 10.1 Å². The normalized spacial score (nSPS) is 13.7. The molecule has 1 aliphatic rings. The van der Waals surface area contributed by atoms with Crippen LogP contribution in [0.3, 0.4) is 0 Å². The zero-order valence-corrected chi connectivity index (χ0v) is 24.6. The number of hydrogen-bond donors (Lipinski definition) is 1. The molecular weight excluding hydrogens is 520 g/mol. The lowest BCUT2D eigenvalue weighted by molar-refractivity contribution is -0.113. The fourth-order valence-electron chi connectivity index (χ4n) is 4.50. The Labute approximate surface area is 232 Å². The van der Waals surface area contributed by atoms with Gasteiger partial charge in [-0.15, -0.1) is 21.5 Å². The van der Waals surface area contributed by atoms with Crippen LogP contribution in [0.4, 0.5) is 5.00 Å². The number of ether oxygens (including phenoxy) is 2. The summed E-state index contributed by atoms with van der Waals surface area (Å²) in [4.78, 5) is 26.6. The number of nitrogens with zero attached hydrogens (tertiary/aromatic N) is 3. The lowest BCUT2D eigenvalue weighted by Crippen LogP contribution is -2.17. The molecule has 0 aliphatic heterocycles. The minimum atomic E-state index is -0.368. The zero-order chi connectivity index (χ0) is 27.4. The number of hydrogen-bond acceptors (Lipinski definition) is 8. The van der Waals surface area contributed by atoms with Crippen LogP contribution in [0.25, 0.3) is 0 Å². The predicted octanol–water partition coefficient (Wildman–Crippen LogP) is 6.19. The first-order valence-electron chi connectivity index (χ1n) is 13.1. The number of fused-ring (bicyclic) bond motifs is 1. The van der Waals surface area contributed by atoms with E-state index in [9.17, 15) is 9.59 Å². The highest BCUT2D eigenvalue weighted by atomic mass is 32.2. The number of carbonyl (C=O) groups is 2. The maximum Gasteiger partial charge on any atom is 0.341 e. The van der Waals surface area contributed by atoms with Crippen molar-refractivity contribution in [2.24, 2.45) is 0 Å². The van der Waals surface area contributed by atoms with E-state index < -0.39 is 0 Å². The van der Waals surface area contributed by atoms with Gasteiger partial charge in [-0.1, -0.05) is 44.7 Å². The van der Waals surface area contributed by atoms with Crippen molar-refractivity contribution in [3.8, 4) is 5.75 Å². The van der Waals surface area contributed by atoms with E-state index >= 15 is 0 Å². The van der Waals surface area contributed by atoms with E-state index in [-0.39, 0.29) is 29.1 Å². The van der Waals surface area contributed by atoms with E-state index in [0.29, 0.717) is 34.7 Å². The third-order valence-corrected chi connectivity index (χ3v) is 8.62. The molecule has 3 aromatic rings. The fourth-order valence-corrected chi connectivity index (χ4v) is 6.60. The highest BCUT2D eigenvalue weighted by Gasteiger charge is 2.28. The number of anilines is 1. The molecule has 0 saturated carbocycles. The molecule has 1 atom stereocenters. The molecule has 2 aromatic heterocycles. The van der Waals surface area contributed by atoms with Crippen molar-refractivity contribution in [1.29, 1.82) is 0 Å². The van der Waals surface area contributed by atoms with Gasteiger partial charge in [0.2, 0.25) is 5.91 Å². The van der Waals surface area contributed by atoms with Gasteiger partial charge in [0, 0.05) is 11.4 Å². The first kappa shape index (κ1) is 28.2. The molecular formula is C28H36N4O4S2. The Hall–Kier alpha value is -2.85. The lowest BCUT2D eigenvalue weighted by Gasteiger charge is -2.20. The van der Waals surface area contributed by atoms with Gasteiger partial charge in [0.05, 0.1) is 17.9 Å². The molecule has 38 heavy (non-hydrogen) atoms. The van der Waals surface area contributed by atoms with Crippen molar-refractivity contribution in [2.45, 2.75) is 84.0 Å². The van der Waals surface area contributed by atoms with Crippen molar-refractivity contribution in [1.82, 2.24) is 14.8 Å². The number of thioether (sulfide) groups is 1. The number of thiophene rings is 1. The first-order valence-corrected chi connectivity index (χ1v) is 14.9. The molecule has 0 spiro atoms. The van der Waals surface area contributed by atoms with Gasteiger partial charge in [0.15, 0.2) is 17.1 Å². The molecule has 0 fully saturated rings. The van der Waals surface area contributed by atoms with Crippen molar-refractivity contribution in [2.75, 3.05) is 17.7 Å². The predicted molar refractivity (Wildman–Crippen MR) is 152 cm³/mol. The van der Waals surface area contributed by atoms with Crippen LogP contribution in [0.2, 0.25) is 0 Å². The van der Waals surface area contributed by atoms with Crippen molar-refractivity contribution < 1.29 is 19.1 Å². The summed E-state index contributed by atoms with van der Waals surface area (Å²) >= 11 is 2.79. The number of carbonyl (C=O) groups excluding carboxylic acids is 2. The molecule has 4 rings (SSSR count). The number of aryl methyl sites for hydroxylation is 1. The molecule has 0 saturated heterocycles. The van der Waals surface area contributed by atoms with Gasteiger partial charge in [-0.2, -0.15) is 0 Å². The van der Waals surface area contributed by atoms with E-state index in [1.165, 1.54) is 28.7 Å². The van der Waals surface area contributed by atoms with E-state index in [1.54, 1.807) is 6.92 Å². The summed E-state index contributed by atoms with van der Waals surface area (Å²) in [6.45, 7) is 13.2. The summed E-state index contributed by atoms with van der Waals surface area (Å²) in [7, 11) is 0. The van der Waals surface area contributed by atoms with E-state index in [2.05, 4.69) is 48.4 Å². The number of amides is 1. The van der Waals surface area contributed by atoms with E-state index in [1.807, 2.05) is 30.5 Å². The number of rotatable bonds is 10. The first-order chi connectivity index (χ1) is 18.1. The second-order valence-corrected chi connectivity index (χ2v) is 12.3. The Bertz CT molecular complexity index is 1290. The zero-order valence-electron chi connectivity index (χ0n) is 22.9. The van der Waals surface area contributed by atoms with Crippen LogP contribution in [-0.4, -0.2) is 39.0 Å². The minimum absolute atomic E-state index is 0.0783. The summed E-state index contributed by atoms with van der Waals surface area (Å²) in [6, 6.07) is 8.13. The summed E-state index contributed by atoms with van der Waals surface area (Å²) in [5, 5.41) is 12.9. The second-order valence-electron chi connectivity index (χ2n) is 10.2. The van der Waals surface area contributed by atoms with Crippen LogP contribution in [0.15, 0.2) is 29.4 Å². The standard InChI is InChI=1S/C28H36N4O4S2/c1-7-32-24(17(3)36-19-14-12-18(13-15-19)28(4,5)6)30-31-27(32)37-16-22(33)29-25-23(26(34)35-8-2)20-10-9-11-21(20)38-25/h12-15,17H,7-11,16H2,1-6H3,(H,29,33). The fraction of sp³-hybridized carbons (Fsp3) is 0.500. The summed E-state index contributed by atoms with van der Waals surface area (Å²) < 4.78 is 13.4. The topological polar surface area (TPSA) is 95.3 Å². The van der Waals surface area contributed by atoms with Crippen LogP contribution in [0, 0.1) is 0 Å². The van der Waals surface area contributed by atoms with Gasteiger partial charge in [-0.25, -0.2) is 4.79 Å². The Morgan fingerprint density at radius 3 is 2.55 bits per heavy atom. The number of nitrogens with one attached hydrogen (secondary N) is 1. The van der Waals surface area contributed by atoms with E-state index in [4.69, 9.17) is 9.47 Å². The largest absolute Gasteiger partial charge is 0.483 e. The van der Waals surface area contributed by atoms with Gasteiger partial charge in [-0.05, 0) is 68.7 Å². The molecule has 2 heterocycles. The third kappa shape index (κ3) is 6.23. The molecule has 1 unspecified atom stereocenters. The average molecular weight is 557 g/mol. The van der Waals surface area contributed by atoms with Crippen molar-refractivity contribution >= 4 is 40.0 Å². The Morgan fingerprint density at radius 2 is 1.89 bits per heavy atom. The highest BCUT2D eigenvalue weighted by molar-refractivity contribution is 7.99. The Balaban J connectivity index is 1.40. The van der Waals surface area contributed by atoms with E-state index in [0.717, 1.165) is 35.5 Å². The minimum Gasteiger partial charge on any atom is -0.483 e. The molecule has 10 heteroatoms. The van der Waals surface area contributed by atoms with Gasteiger partial charge >= 0.3 is 5.97 Å². The molecule has 8 nitrogen and oxygen atoms in total. The number of esters is 1. The van der Waals surface area contributed by atoms with Crippen molar-refractivity contribution in [3.05, 3.63) is 51.7 Å². The molecule has 1 aromatic carbocycles. The maximum absolute atomic E-state index is 12.9. The molecule has 0 radical (unpaired) electrons. The van der Waals surface area contributed by atoms with Crippen LogP contribution in [0.1, 0.15) is 86.3 Å². The highest BCUT2D eigenvalue weighted by Crippen LogP contribution is 2.39. The number of aromatic nitrogens is 3. The monoisotopic (exact) mass is 556 g/mol. The summed E-state index contributed by atoms with van der Waals surface area (Å²) in [6.07, 6.45) is 2.48. The molecule has 0 bridgehead atoms. The van der Waals surface area contributed by atoms with Crippen LogP contribution in [-0.2, 0) is 34.3 Å². The number of benzene rings is 1. The SMILES string of the molecule is CCOC(=O)c1c(NC(=O)CSc2nnc(C(C)Oc3ccc(C(C)(C)C)cc3)n2CC)sc2c1CCC2. The second kappa shape index (κ2) is 11.9. The summed E-state index contributed by atoms with van der Waals surface area (Å²) in [5.41, 5.74) is 2.86. The summed E-state index contributed by atoms with van der Waals surface area (Å²) in [5.74, 6) is 1.05. The Kier molecular flexibility index (Phi) is 8.82.